The lowest BCUT2D eigenvalue weighted by atomic mass is 10.1. The van der Waals surface area contributed by atoms with Crippen LogP contribution in [0.1, 0.15) is 49.2 Å². The number of carbonyl (C=O) groups excluding carboxylic acids is 1. The first-order valence-electron chi connectivity index (χ1n) is 6.03. The largest absolute Gasteiger partial charge is 0.396 e. The number of halogens is 1. The minimum atomic E-state index is -0.192. The van der Waals surface area contributed by atoms with Crippen molar-refractivity contribution >= 4 is 17.5 Å². The number of rotatable bonds is 5. The van der Waals surface area contributed by atoms with Gasteiger partial charge in [-0.3, -0.25) is 4.79 Å². The fourth-order valence-electron chi connectivity index (χ4n) is 1.52. The van der Waals surface area contributed by atoms with E-state index < -0.39 is 0 Å². The second-order valence-corrected chi connectivity index (χ2v) is 5.03. The maximum Gasteiger partial charge on any atom is 0.251 e. The van der Waals surface area contributed by atoms with Crippen molar-refractivity contribution in [3.05, 3.63) is 28.5 Å². The van der Waals surface area contributed by atoms with Crippen LogP contribution in [0.4, 0.5) is 0 Å². The summed E-state index contributed by atoms with van der Waals surface area (Å²) < 4.78 is 0. The molecule has 1 rings (SSSR count). The monoisotopic (exact) mass is 270 g/mol. The Morgan fingerprint density at radius 1 is 1.44 bits per heavy atom. The van der Waals surface area contributed by atoms with Gasteiger partial charge in [0.1, 0.15) is 5.15 Å². The molecule has 0 saturated heterocycles. The van der Waals surface area contributed by atoms with Gasteiger partial charge in [0.2, 0.25) is 0 Å². The highest BCUT2D eigenvalue weighted by Gasteiger charge is 2.13. The Kier molecular flexibility index (Phi) is 5.56. The highest BCUT2D eigenvalue weighted by molar-refractivity contribution is 6.29. The summed E-state index contributed by atoms with van der Waals surface area (Å²) in [4.78, 5) is 16.2. The van der Waals surface area contributed by atoms with E-state index in [1.807, 2.05) is 20.8 Å². The Morgan fingerprint density at radius 3 is 2.67 bits per heavy atom. The molecule has 4 nitrogen and oxygen atoms in total. The van der Waals surface area contributed by atoms with E-state index in [9.17, 15) is 4.79 Å². The van der Waals surface area contributed by atoms with Crippen LogP contribution in [0, 0.1) is 0 Å². The Labute approximate surface area is 112 Å². The van der Waals surface area contributed by atoms with Crippen molar-refractivity contribution in [3.63, 3.8) is 0 Å². The molecule has 1 atom stereocenters. The van der Waals surface area contributed by atoms with Gasteiger partial charge in [-0.15, -0.1) is 0 Å². The van der Waals surface area contributed by atoms with Crippen molar-refractivity contribution in [1.29, 1.82) is 0 Å². The van der Waals surface area contributed by atoms with Crippen molar-refractivity contribution in [2.75, 3.05) is 6.61 Å². The molecule has 0 fully saturated rings. The number of nitrogens with one attached hydrogen (secondary N) is 1. The molecule has 0 aromatic carbocycles. The molecule has 0 radical (unpaired) electrons. The molecular weight excluding hydrogens is 252 g/mol. The van der Waals surface area contributed by atoms with E-state index in [1.54, 1.807) is 12.1 Å². The fourth-order valence-corrected chi connectivity index (χ4v) is 1.73. The van der Waals surface area contributed by atoms with Gasteiger partial charge >= 0.3 is 0 Å². The number of pyridine rings is 1. The van der Waals surface area contributed by atoms with Gasteiger partial charge in [0.05, 0.1) is 0 Å². The summed E-state index contributed by atoms with van der Waals surface area (Å²) in [5.74, 6) is 0.0206. The van der Waals surface area contributed by atoms with Crippen LogP contribution in [0.15, 0.2) is 12.1 Å². The maximum absolute atomic E-state index is 12.0. The van der Waals surface area contributed by atoms with Crippen LogP contribution in [0.3, 0.4) is 0 Å². The van der Waals surface area contributed by atoms with Crippen LogP contribution in [-0.4, -0.2) is 28.6 Å². The third kappa shape index (κ3) is 4.27. The van der Waals surface area contributed by atoms with Crippen molar-refractivity contribution in [1.82, 2.24) is 10.3 Å². The average Bonchev–Trinajstić information content (AvgIpc) is 2.28. The summed E-state index contributed by atoms with van der Waals surface area (Å²) in [6, 6.07) is 3.23. The molecular formula is C13H19ClN2O2. The maximum atomic E-state index is 12.0. The third-order valence-electron chi connectivity index (χ3n) is 2.61. The first-order chi connectivity index (χ1) is 8.43. The van der Waals surface area contributed by atoms with Crippen LogP contribution in [0.25, 0.3) is 0 Å². The van der Waals surface area contributed by atoms with E-state index in [1.165, 1.54) is 0 Å². The number of nitrogens with zero attached hydrogens (tertiary/aromatic N) is 1. The third-order valence-corrected chi connectivity index (χ3v) is 2.80. The molecule has 1 aromatic heterocycles. The molecule has 1 unspecified atom stereocenters. The fraction of sp³-hybridized carbons (Fsp3) is 0.538. The van der Waals surface area contributed by atoms with Crippen molar-refractivity contribution < 1.29 is 9.90 Å². The summed E-state index contributed by atoms with van der Waals surface area (Å²) in [6.45, 7) is 5.89. The van der Waals surface area contributed by atoms with Gasteiger partial charge in [-0.05, 0) is 31.4 Å². The molecule has 0 spiro atoms. The van der Waals surface area contributed by atoms with Crippen LogP contribution in [-0.2, 0) is 0 Å². The van der Waals surface area contributed by atoms with E-state index in [0.717, 1.165) is 5.69 Å². The summed E-state index contributed by atoms with van der Waals surface area (Å²) in [5, 5.41) is 11.9. The lowest BCUT2D eigenvalue weighted by Crippen LogP contribution is -2.33. The van der Waals surface area contributed by atoms with E-state index >= 15 is 0 Å². The molecule has 0 aliphatic heterocycles. The van der Waals surface area contributed by atoms with E-state index in [-0.39, 0.29) is 24.5 Å². The Bertz CT molecular complexity index is 421. The van der Waals surface area contributed by atoms with Gasteiger partial charge in [-0.1, -0.05) is 25.4 Å². The molecule has 5 heteroatoms. The number of aromatic nitrogens is 1. The zero-order valence-electron chi connectivity index (χ0n) is 10.9. The van der Waals surface area contributed by atoms with E-state index in [0.29, 0.717) is 17.1 Å². The normalized spacial score (nSPS) is 12.6. The summed E-state index contributed by atoms with van der Waals surface area (Å²) >= 11 is 5.90. The second kappa shape index (κ2) is 6.71. The van der Waals surface area contributed by atoms with Gasteiger partial charge in [0.15, 0.2) is 0 Å². The van der Waals surface area contributed by atoms with Crippen molar-refractivity contribution in [2.45, 2.75) is 39.2 Å². The highest BCUT2D eigenvalue weighted by atomic mass is 35.5. The topological polar surface area (TPSA) is 62.2 Å². The number of amides is 1. The van der Waals surface area contributed by atoms with Gasteiger partial charge in [-0.25, -0.2) is 4.98 Å². The molecule has 1 amide bonds. The van der Waals surface area contributed by atoms with Crippen LogP contribution in [0.5, 0.6) is 0 Å². The molecule has 100 valence electrons. The smallest absolute Gasteiger partial charge is 0.251 e. The second-order valence-electron chi connectivity index (χ2n) is 4.64. The summed E-state index contributed by atoms with van der Waals surface area (Å²) in [5.41, 5.74) is 1.30. The molecule has 0 aliphatic carbocycles. The number of hydrogen-bond donors (Lipinski definition) is 2. The predicted molar refractivity (Wildman–Crippen MR) is 72.0 cm³/mol. The highest BCUT2D eigenvalue weighted by Crippen LogP contribution is 2.17. The minimum absolute atomic E-state index is 0.0514. The predicted octanol–water partition coefficient (Wildman–Crippen LogP) is 2.36. The average molecular weight is 271 g/mol. The first kappa shape index (κ1) is 14.9. The van der Waals surface area contributed by atoms with Crippen molar-refractivity contribution in [3.8, 4) is 0 Å². The lowest BCUT2D eigenvalue weighted by Gasteiger charge is -2.13. The van der Waals surface area contributed by atoms with E-state index in [2.05, 4.69) is 10.3 Å². The molecule has 0 aliphatic rings. The number of hydrogen-bond acceptors (Lipinski definition) is 3. The molecule has 1 aromatic rings. The van der Waals surface area contributed by atoms with Gasteiger partial charge < -0.3 is 10.4 Å². The minimum Gasteiger partial charge on any atom is -0.396 e. The zero-order valence-corrected chi connectivity index (χ0v) is 11.7. The molecule has 2 N–H and O–H groups in total. The Morgan fingerprint density at radius 2 is 2.11 bits per heavy atom. The van der Waals surface area contributed by atoms with Crippen LogP contribution >= 0.6 is 11.6 Å². The molecule has 0 saturated carbocycles. The molecule has 0 bridgehead atoms. The van der Waals surface area contributed by atoms with Crippen LogP contribution in [0.2, 0.25) is 5.15 Å². The van der Waals surface area contributed by atoms with Gasteiger partial charge in [-0.2, -0.15) is 0 Å². The van der Waals surface area contributed by atoms with Crippen molar-refractivity contribution in [2.24, 2.45) is 0 Å². The SMILES string of the molecule is CC(CCO)NC(=O)c1cc(Cl)nc(C(C)C)c1. The lowest BCUT2D eigenvalue weighted by molar-refractivity contribution is 0.0934. The molecule has 18 heavy (non-hydrogen) atoms. The van der Waals surface area contributed by atoms with E-state index in [4.69, 9.17) is 16.7 Å². The standard InChI is InChI=1S/C13H19ClN2O2/c1-8(2)11-6-10(7-12(14)16-11)13(18)15-9(3)4-5-17/h6-9,17H,4-5H2,1-3H3,(H,15,18). The summed E-state index contributed by atoms with van der Waals surface area (Å²) in [7, 11) is 0. The quantitative estimate of drug-likeness (QED) is 0.808. The van der Waals surface area contributed by atoms with Gasteiger partial charge in [0, 0.05) is 23.9 Å². The van der Waals surface area contributed by atoms with Crippen LogP contribution < -0.4 is 5.32 Å². The Balaban J connectivity index is 2.85. The number of carbonyl (C=O) groups is 1. The summed E-state index contributed by atoms with van der Waals surface area (Å²) in [6.07, 6.45) is 0.529. The number of aliphatic hydroxyl groups is 1. The zero-order chi connectivity index (χ0) is 13.7. The first-order valence-corrected chi connectivity index (χ1v) is 6.41. The number of aliphatic hydroxyl groups excluding tert-OH is 1. The molecule has 1 heterocycles. The Hall–Kier alpha value is -1.13. The van der Waals surface area contributed by atoms with Gasteiger partial charge in [0.25, 0.3) is 5.91 Å².